The van der Waals surface area contributed by atoms with E-state index < -0.39 is 5.60 Å². The third-order valence-electron chi connectivity index (χ3n) is 4.27. The van der Waals surface area contributed by atoms with Crippen LogP contribution in [0.25, 0.3) is 0 Å². The highest BCUT2D eigenvalue weighted by Crippen LogP contribution is 2.26. The first-order valence-corrected chi connectivity index (χ1v) is 7.66. The van der Waals surface area contributed by atoms with Crippen LogP contribution in [0.4, 0.5) is 4.79 Å². The van der Waals surface area contributed by atoms with Gasteiger partial charge in [-0.25, -0.2) is 4.79 Å². The first kappa shape index (κ1) is 15.6. The second kappa shape index (κ2) is 5.90. The molecule has 0 aliphatic carbocycles. The highest BCUT2D eigenvalue weighted by molar-refractivity contribution is 5.68. The number of rotatable bonds is 2. The van der Waals surface area contributed by atoms with E-state index in [0.29, 0.717) is 12.0 Å². The Kier molecular flexibility index (Phi) is 4.59. The van der Waals surface area contributed by atoms with Crippen molar-refractivity contribution in [3.8, 4) is 0 Å². The van der Waals surface area contributed by atoms with Crippen molar-refractivity contribution in [1.29, 1.82) is 0 Å². The molecule has 0 aromatic rings. The first-order chi connectivity index (χ1) is 9.26. The van der Waals surface area contributed by atoms with Gasteiger partial charge in [-0.1, -0.05) is 0 Å². The number of nitrogens with zero attached hydrogens (tertiary/aromatic N) is 2. The van der Waals surface area contributed by atoms with Crippen molar-refractivity contribution in [2.24, 2.45) is 5.92 Å². The molecule has 3 atom stereocenters. The van der Waals surface area contributed by atoms with Gasteiger partial charge >= 0.3 is 6.09 Å². The zero-order valence-electron chi connectivity index (χ0n) is 13.1. The van der Waals surface area contributed by atoms with Crippen molar-refractivity contribution in [1.82, 2.24) is 9.80 Å². The van der Waals surface area contributed by atoms with Crippen molar-refractivity contribution >= 4 is 6.09 Å². The molecule has 2 aliphatic heterocycles. The Morgan fingerprint density at radius 2 is 1.95 bits per heavy atom. The van der Waals surface area contributed by atoms with Crippen molar-refractivity contribution < 1.29 is 14.6 Å². The SMILES string of the molecule is CC(O)C1CCN(C2CCN(C(=O)OC(C)(C)C)C2)C1. The number of hydrogen-bond donors (Lipinski definition) is 1. The predicted molar refractivity (Wildman–Crippen MR) is 77.6 cm³/mol. The Morgan fingerprint density at radius 3 is 2.50 bits per heavy atom. The molecule has 20 heavy (non-hydrogen) atoms. The van der Waals surface area contributed by atoms with Crippen LogP contribution in [0.1, 0.15) is 40.5 Å². The van der Waals surface area contributed by atoms with Gasteiger partial charge < -0.3 is 14.7 Å². The summed E-state index contributed by atoms with van der Waals surface area (Å²) in [6, 6.07) is 0.422. The number of aliphatic hydroxyl groups excluding tert-OH is 1. The number of ether oxygens (including phenoxy) is 1. The van der Waals surface area contributed by atoms with Gasteiger partial charge in [0.25, 0.3) is 0 Å². The molecule has 0 aromatic carbocycles. The summed E-state index contributed by atoms with van der Waals surface area (Å²) < 4.78 is 5.42. The van der Waals surface area contributed by atoms with Crippen molar-refractivity contribution in [3.63, 3.8) is 0 Å². The standard InChI is InChI=1S/C15H28N2O3/c1-11(18)12-5-7-16(9-12)13-6-8-17(10-13)14(19)20-15(2,3)4/h11-13,18H,5-10H2,1-4H3. The minimum absolute atomic E-state index is 0.203. The van der Waals surface area contributed by atoms with Gasteiger partial charge in [0, 0.05) is 25.7 Å². The van der Waals surface area contributed by atoms with Crippen LogP contribution in [0.2, 0.25) is 0 Å². The Hall–Kier alpha value is -0.810. The zero-order valence-corrected chi connectivity index (χ0v) is 13.1. The van der Waals surface area contributed by atoms with Crippen molar-refractivity contribution in [2.75, 3.05) is 26.2 Å². The molecule has 0 radical (unpaired) electrons. The molecular formula is C15H28N2O3. The molecule has 2 saturated heterocycles. The number of amides is 1. The summed E-state index contributed by atoms with van der Waals surface area (Å²) in [4.78, 5) is 16.3. The van der Waals surface area contributed by atoms with Crippen LogP contribution in [0.5, 0.6) is 0 Å². The van der Waals surface area contributed by atoms with Gasteiger partial charge in [-0.2, -0.15) is 0 Å². The molecule has 0 aromatic heterocycles. The number of carbonyl (C=O) groups is 1. The summed E-state index contributed by atoms with van der Waals surface area (Å²) in [5.41, 5.74) is -0.430. The van der Waals surface area contributed by atoms with Crippen LogP contribution < -0.4 is 0 Å². The van der Waals surface area contributed by atoms with E-state index in [2.05, 4.69) is 4.90 Å². The number of likely N-dealkylation sites (tertiary alicyclic amines) is 2. The molecule has 0 bridgehead atoms. The van der Waals surface area contributed by atoms with E-state index in [-0.39, 0.29) is 12.2 Å². The molecule has 2 heterocycles. The minimum atomic E-state index is -0.430. The number of aliphatic hydroxyl groups is 1. The molecule has 3 unspecified atom stereocenters. The molecular weight excluding hydrogens is 256 g/mol. The van der Waals surface area contributed by atoms with E-state index in [1.165, 1.54) is 0 Å². The third kappa shape index (κ3) is 3.85. The lowest BCUT2D eigenvalue weighted by Gasteiger charge is -2.26. The first-order valence-electron chi connectivity index (χ1n) is 7.66. The Labute approximate surface area is 121 Å². The van der Waals surface area contributed by atoms with Crippen molar-refractivity contribution in [3.05, 3.63) is 0 Å². The van der Waals surface area contributed by atoms with Gasteiger partial charge in [-0.05, 0) is 53.0 Å². The lowest BCUT2D eigenvalue weighted by molar-refractivity contribution is 0.0280. The maximum absolute atomic E-state index is 12.0. The third-order valence-corrected chi connectivity index (χ3v) is 4.27. The smallest absolute Gasteiger partial charge is 0.410 e. The second-order valence-electron chi connectivity index (χ2n) is 7.15. The molecule has 116 valence electrons. The lowest BCUT2D eigenvalue weighted by atomic mass is 10.0. The van der Waals surface area contributed by atoms with Crippen LogP contribution >= 0.6 is 0 Å². The molecule has 1 N–H and O–H groups in total. The van der Waals surface area contributed by atoms with E-state index >= 15 is 0 Å². The van der Waals surface area contributed by atoms with E-state index in [4.69, 9.17) is 4.74 Å². The van der Waals surface area contributed by atoms with Gasteiger partial charge in [0.1, 0.15) is 5.60 Å². The summed E-state index contributed by atoms with van der Waals surface area (Å²) in [6.45, 7) is 11.1. The highest BCUT2D eigenvalue weighted by Gasteiger charge is 2.36. The van der Waals surface area contributed by atoms with Crippen LogP contribution in [0.3, 0.4) is 0 Å². The Bertz CT molecular complexity index is 352. The fraction of sp³-hybridized carbons (Fsp3) is 0.933. The summed E-state index contributed by atoms with van der Waals surface area (Å²) in [5, 5.41) is 9.67. The molecule has 5 heteroatoms. The Balaban J connectivity index is 1.82. The molecule has 1 amide bonds. The molecule has 2 rings (SSSR count). The fourth-order valence-electron chi connectivity index (χ4n) is 3.07. The van der Waals surface area contributed by atoms with Gasteiger partial charge in [-0.3, -0.25) is 4.90 Å². The van der Waals surface area contributed by atoms with Gasteiger partial charge in [0.2, 0.25) is 0 Å². The van der Waals surface area contributed by atoms with Gasteiger partial charge in [-0.15, -0.1) is 0 Å². The van der Waals surface area contributed by atoms with Gasteiger partial charge in [0.05, 0.1) is 6.10 Å². The lowest BCUT2D eigenvalue weighted by Crippen LogP contribution is -2.40. The topological polar surface area (TPSA) is 53.0 Å². The fourth-order valence-corrected chi connectivity index (χ4v) is 3.07. The van der Waals surface area contributed by atoms with E-state index in [0.717, 1.165) is 39.0 Å². The monoisotopic (exact) mass is 284 g/mol. The average Bonchev–Trinajstić information content (AvgIpc) is 2.95. The normalized spacial score (nSPS) is 29.8. The van der Waals surface area contributed by atoms with Gasteiger partial charge in [0.15, 0.2) is 0 Å². The largest absolute Gasteiger partial charge is 0.444 e. The van der Waals surface area contributed by atoms with Crippen molar-refractivity contribution in [2.45, 2.75) is 58.3 Å². The molecule has 0 saturated carbocycles. The summed E-state index contributed by atoms with van der Waals surface area (Å²) in [7, 11) is 0. The summed E-state index contributed by atoms with van der Waals surface area (Å²) in [6.07, 6.45) is 1.63. The van der Waals surface area contributed by atoms with E-state index in [1.54, 1.807) is 0 Å². The summed E-state index contributed by atoms with van der Waals surface area (Å²) in [5.74, 6) is 0.380. The van der Waals surface area contributed by atoms with Crippen LogP contribution in [-0.4, -0.2) is 64.9 Å². The quantitative estimate of drug-likeness (QED) is 0.838. The number of carbonyl (C=O) groups excluding carboxylic acids is 1. The molecule has 5 nitrogen and oxygen atoms in total. The maximum atomic E-state index is 12.0. The minimum Gasteiger partial charge on any atom is -0.444 e. The molecule has 2 fully saturated rings. The molecule has 0 spiro atoms. The zero-order chi connectivity index (χ0) is 14.9. The Morgan fingerprint density at radius 1 is 1.25 bits per heavy atom. The maximum Gasteiger partial charge on any atom is 0.410 e. The predicted octanol–water partition coefficient (Wildman–Crippen LogP) is 1.70. The second-order valence-corrected chi connectivity index (χ2v) is 7.15. The van der Waals surface area contributed by atoms with Crippen LogP contribution in [-0.2, 0) is 4.74 Å². The van der Waals surface area contributed by atoms with E-state index in [1.807, 2.05) is 32.6 Å². The van der Waals surface area contributed by atoms with Crippen LogP contribution in [0.15, 0.2) is 0 Å². The average molecular weight is 284 g/mol. The van der Waals surface area contributed by atoms with Crippen LogP contribution in [0, 0.1) is 5.92 Å². The summed E-state index contributed by atoms with van der Waals surface area (Å²) >= 11 is 0. The highest BCUT2D eigenvalue weighted by atomic mass is 16.6. The molecule has 2 aliphatic rings. The van der Waals surface area contributed by atoms with E-state index in [9.17, 15) is 9.90 Å². The number of hydrogen-bond acceptors (Lipinski definition) is 4.